The molecule has 6 heteroatoms. The molecular weight excluding hydrogens is 269 g/mol. The van der Waals surface area contributed by atoms with Crippen molar-refractivity contribution in [1.82, 2.24) is 0 Å². The van der Waals surface area contributed by atoms with Crippen molar-refractivity contribution in [3.63, 3.8) is 0 Å². The topological polar surface area (TPSA) is 41.8 Å². The normalized spacial score (nSPS) is 11.8. The van der Waals surface area contributed by atoms with E-state index in [1.54, 1.807) is 30.3 Å². The van der Waals surface area contributed by atoms with E-state index in [-0.39, 0.29) is 5.56 Å². The third kappa shape index (κ3) is 3.50. The van der Waals surface area contributed by atoms with Gasteiger partial charge in [-0.3, -0.25) is 4.79 Å². The molecule has 0 unspecified atom stereocenters. The summed E-state index contributed by atoms with van der Waals surface area (Å²) < 4.78 is 37.1. The quantitative estimate of drug-likeness (QED) is 0.738. The van der Waals surface area contributed by atoms with E-state index in [1.165, 1.54) is 0 Å². The summed E-state index contributed by atoms with van der Waals surface area (Å²) in [6.07, 6.45) is -4.42. The lowest BCUT2D eigenvalue weighted by Crippen LogP contribution is -2.05. The number of rotatable bonds is 2. The van der Waals surface area contributed by atoms with Crippen LogP contribution in [0.3, 0.4) is 0 Å². The first kappa shape index (κ1) is 13.9. The molecule has 0 radical (unpaired) electrons. The van der Waals surface area contributed by atoms with Crippen LogP contribution in [0.4, 0.5) is 18.9 Å². The molecule has 20 heavy (non-hydrogen) atoms. The SMILES string of the molecule is O=C(N=Nc1ccccc1)c1ccc(C(F)(F)F)cc1. The van der Waals surface area contributed by atoms with E-state index in [4.69, 9.17) is 0 Å². The van der Waals surface area contributed by atoms with Crippen molar-refractivity contribution in [2.75, 3.05) is 0 Å². The second-order valence-corrected chi connectivity index (χ2v) is 3.92. The fourth-order valence-corrected chi connectivity index (χ4v) is 1.46. The zero-order valence-electron chi connectivity index (χ0n) is 10.1. The number of alkyl halides is 3. The predicted molar refractivity (Wildman–Crippen MR) is 66.7 cm³/mol. The summed E-state index contributed by atoms with van der Waals surface area (Å²) in [6, 6.07) is 12.4. The Morgan fingerprint density at radius 2 is 1.50 bits per heavy atom. The van der Waals surface area contributed by atoms with E-state index in [9.17, 15) is 18.0 Å². The van der Waals surface area contributed by atoms with Gasteiger partial charge in [0.1, 0.15) is 0 Å². The number of carbonyl (C=O) groups is 1. The maximum absolute atomic E-state index is 12.4. The van der Waals surface area contributed by atoms with Crippen molar-refractivity contribution in [2.24, 2.45) is 10.2 Å². The molecule has 0 bridgehead atoms. The number of hydrogen-bond donors (Lipinski definition) is 0. The van der Waals surface area contributed by atoms with Crippen LogP contribution in [0.5, 0.6) is 0 Å². The van der Waals surface area contributed by atoms with Crippen LogP contribution in [-0.4, -0.2) is 5.91 Å². The van der Waals surface area contributed by atoms with Crippen molar-refractivity contribution in [2.45, 2.75) is 6.18 Å². The molecule has 2 aromatic rings. The second kappa shape index (κ2) is 5.64. The maximum atomic E-state index is 12.4. The van der Waals surface area contributed by atoms with Gasteiger partial charge in [0.15, 0.2) is 0 Å². The fraction of sp³-hybridized carbons (Fsp3) is 0.0714. The maximum Gasteiger partial charge on any atom is 0.416 e. The summed E-state index contributed by atoms with van der Waals surface area (Å²) in [5.41, 5.74) is -0.264. The van der Waals surface area contributed by atoms with Crippen LogP contribution in [0.1, 0.15) is 15.9 Å². The Balaban J connectivity index is 2.12. The first-order valence-corrected chi connectivity index (χ1v) is 5.65. The Kier molecular flexibility index (Phi) is 3.93. The minimum atomic E-state index is -4.42. The molecule has 0 aliphatic heterocycles. The third-order valence-corrected chi connectivity index (χ3v) is 2.47. The lowest BCUT2D eigenvalue weighted by molar-refractivity contribution is -0.137. The highest BCUT2D eigenvalue weighted by molar-refractivity contribution is 5.94. The first-order chi connectivity index (χ1) is 9.47. The van der Waals surface area contributed by atoms with Gasteiger partial charge in [-0.05, 0) is 36.4 Å². The van der Waals surface area contributed by atoms with Gasteiger partial charge in [0.2, 0.25) is 0 Å². The van der Waals surface area contributed by atoms with Gasteiger partial charge in [-0.1, -0.05) is 18.2 Å². The third-order valence-electron chi connectivity index (χ3n) is 2.47. The second-order valence-electron chi connectivity index (χ2n) is 3.92. The van der Waals surface area contributed by atoms with Crippen molar-refractivity contribution in [1.29, 1.82) is 0 Å². The highest BCUT2D eigenvalue weighted by Crippen LogP contribution is 2.29. The molecule has 0 atom stereocenters. The van der Waals surface area contributed by atoms with Crippen LogP contribution in [0.25, 0.3) is 0 Å². The van der Waals surface area contributed by atoms with Gasteiger partial charge >= 0.3 is 6.18 Å². The summed E-state index contributed by atoms with van der Waals surface area (Å²) in [4.78, 5) is 11.6. The smallest absolute Gasteiger partial charge is 0.265 e. The monoisotopic (exact) mass is 278 g/mol. The number of nitrogens with zero attached hydrogens (tertiary/aromatic N) is 2. The van der Waals surface area contributed by atoms with Crippen molar-refractivity contribution in [3.8, 4) is 0 Å². The van der Waals surface area contributed by atoms with E-state index in [0.29, 0.717) is 5.69 Å². The van der Waals surface area contributed by atoms with Gasteiger partial charge in [0, 0.05) is 5.56 Å². The molecule has 102 valence electrons. The van der Waals surface area contributed by atoms with Crippen LogP contribution in [0.15, 0.2) is 64.8 Å². The number of benzene rings is 2. The lowest BCUT2D eigenvalue weighted by Gasteiger charge is -2.05. The molecule has 0 fully saturated rings. The van der Waals surface area contributed by atoms with Gasteiger partial charge in [-0.2, -0.15) is 13.2 Å². The van der Waals surface area contributed by atoms with E-state index in [0.717, 1.165) is 24.3 Å². The average Bonchev–Trinajstić information content (AvgIpc) is 2.45. The van der Waals surface area contributed by atoms with E-state index in [1.807, 2.05) is 0 Å². The molecule has 0 aromatic heterocycles. The zero-order chi connectivity index (χ0) is 14.6. The van der Waals surface area contributed by atoms with Crippen LogP contribution in [0.2, 0.25) is 0 Å². The summed E-state index contributed by atoms with van der Waals surface area (Å²) >= 11 is 0. The lowest BCUT2D eigenvalue weighted by atomic mass is 10.1. The Morgan fingerprint density at radius 3 is 2.05 bits per heavy atom. The molecule has 0 N–H and O–H groups in total. The average molecular weight is 278 g/mol. The molecular formula is C14H9F3N2O. The molecule has 2 aromatic carbocycles. The molecule has 3 nitrogen and oxygen atoms in total. The van der Waals surface area contributed by atoms with E-state index >= 15 is 0 Å². The summed E-state index contributed by atoms with van der Waals surface area (Å²) in [7, 11) is 0. The Hall–Kier alpha value is -2.50. The number of halogens is 3. The molecule has 0 spiro atoms. The molecule has 0 saturated carbocycles. The minimum Gasteiger partial charge on any atom is -0.265 e. The van der Waals surface area contributed by atoms with Gasteiger partial charge in [-0.15, -0.1) is 10.2 Å². The number of amides is 1. The summed E-state index contributed by atoms with van der Waals surface area (Å²) in [5, 5.41) is 7.17. The standard InChI is InChI=1S/C14H9F3N2O/c15-14(16,17)11-8-6-10(7-9-11)13(20)19-18-12-4-2-1-3-5-12/h1-9H. The van der Waals surface area contributed by atoms with Crippen molar-refractivity contribution >= 4 is 11.6 Å². The number of carbonyl (C=O) groups excluding carboxylic acids is 1. The van der Waals surface area contributed by atoms with Crippen LogP contribution >= 0.6 is 0 Å². The zero-order valence-corrected chi connectivity index (χ0v) is 10.1. The van der Waals surface area contributed by atoms with Gasteiger partial charge < -0.3 is 0 Å². The predicted octanol–water partition coefficient (Wildman–Crippen LogP) is 4.63. The molecule has 0 saturated heterocycles. The molecule has 2 rings (SSSR count). The molecule has 0 heterocycles. The van der Waals surface area contributed by atoms with Crippen LogP contribution in [0, 0.1) is 0 Å². The summed E-state index contributed by atoms with van der Waals surface area (Å²) in [5.74, 6) is -0.692. The summed E-state index contributed by atoms with van der Waals surface area (Å²) in [6.45, 7) is 0. The largest absolute Gasteiger partial charge is 0.416 e. The van der Waals surface area contributed by atoms with Crippen LogP contribution < -0.4 is 0 Å². The van der Waals surface area contributed by atoms with Gasteiger partial charge in [0.05, 0.1) is 11.3 Å². The Morgan fingerprint density at radius 1 is 0.900 bits per heavy atom. The van der Waals surface area contributed by atoms with E-state index < -0.39 is 17.6 Å². The van der Waals surface area contributed by atoms with Gasteiger partial charge in [-0.25, -0.2) is 0 Å². The highest BCUT2D eigenvalue weighted by atomic mass is 19.4. The molecule has 0 aliphatic rings. The van der Waals surface area contributed by atoms with Gasteiger partial charge in [0.25, 0.3) is 5.91 Å². The Labute approximate surface area is 112 Å². The number of azo groups is 1. The van der Waals surface area contributed by atoms with Crippen molar-refractivity contribution in [3.05, 3.63) is 65.7 Å². The van der Waals surface area contributed by atoms with Crippen LogP contribution in [-0.2, 0) is 6.18 Å². The molecule has 1 amide bonds. The van der Waals surface area contributed by atoms with E-state index in [2.05, 4.69) is 10.2 Å². The fourth-order valence-electron chi connectivity index (χ4n) is 1.46. The Bertz CT molecular complexity index is 619. The minimum absolute atomic E-state index is 0.0534. The highest BCUT2D eigenvalue weighted by Gasteiger charge is 2.30. The first-order valence-electron chi connectivity index (χ1n) is 5.65. The van der Waals surface area contributed by atoms with Crippen molar-refractivity contribution < 1.29 is 18.0 Å². The molecule has 0 aliphatic carbocycles. The number of hydrogen-bond acceptors (Lipinski definition) is 2.